The highest BCUT2D eigenvalue weighted by molar-refractivity contribution is 7.15. The first kappa shape index (κ1) is 16.1. The number of hydrogen-bond donors (Lipinski definition) is 0. The lowest BCUT2D eigenvalue weighted by Gasteiger charge is -2.48. The van der Waals surface area contributed by atoms with Crippen LogP contribution in [-0.4, -0.2) is 54.0 Å². The lowest BCUT2D eigenvalue weighted by Crippen LogP contribution is -2.60. The Morgan fingerprint density at radius 1 is 1.38 bits per heavy atom. The predicted octanol–water partition coefficient (Wildman–Crippen LogP) is 2.56. The molecule has 24 heavy (non-hydrogen) atoms. The smallest absolute Gasteiger partial charge is 0.208 e. The van der Waals surface area contributed by atoms with E-state index >= 15 is 0 Å². The van der Waals surface area contributed by atoms with E-state index in [1.165, 1.54) is 6.42 Å². The van der Waals surface area contributed by atoms with Crippen molar-refractivity contribution < 1.29 is 9.15 Å². The number of anilines is 1. The molecule has 0 aromatic carbocycles. The Balaban J connectivity index is 1.54. The maximum absolute atomic E-state index is 6.19. The first-order chi connectivity index (χ1) is 11.7. The van der Waals surface area contributed by atoms with E-state index in [1.54, 1.807) is 17.6 Å². The number of likely N-dealkylation sites (N-methyl/N-ethyl adjacent to an activating group) is 1. The molecule has 130 valence electrons. The molecule has 2 aromatic rings. The number of piperidine rings is 1. The average Bonchev–Trinajstić information content (AvgIpc) is 3.25. The zero-order valence-corrected chi connectivity index (χ0v) is 15.0. The molecule has 2 fully saturated rings. The first-order valence-corrected chi connectivity index (χ1v) is 9.41. The second-order valence-electron chi connectivity index (χ2n) is 6.81. The zero-order chi connectivity index (χ0) is 16.5. The molecule has 3 atom stereocenters. The van der Waals surface area contributed by atoms with Gasteiger partial charge < -0.3 is 14.1 Å². The number of ether oxygens (including phenoxy) is 1. The van der Waals surface area contributed by atoms with Crippen LogP contribution in [0.5, 0.6) is 0 Å². The minimum Gasteiger partial charge on any atom is -0.468 e. The Bertz CT molecular complexity index is 659. The molecule has 0 unspecified atom stereocenters. The van der Waals surface area contributed by atoms with Crippen molar-refractivity contribution in [1.29, 1.82) is 0 Å². The van der Waals surface area contributed by atoms with E-state index in [4.69, 9.17) is 9.15 Å². The fourth-order valence-corrected chi connectivity index (χ4v) is 4.60. The van der Waals surface area contributed by atoms with Crippen molar-refractivity contribution in [3.63, 3.8) is 0 Å². The van der Waals surface area contributed by atoms with E-state index < -0.39 is 0 Å². The summed E-state index contributed by atoms with van der Waals surface area (Å²) in [5.74, 6) is 1.55. The SMILES string of the molecule is Cc1nnc(N2C[C@@H]3CCCO[C@@H]3[C@H](N(C)Cc3ccco3)C2)s1. The van der Waals surface area contributed by atoms with Gasteiger partial charge in [-0.1, -0.05) is 11.3 Å². The molecule has 6 nitrogen and oxygen atoms in total. The number of aromatic nitrogens is 2. The van der Waals surface area contributed by atoms with Crippen LogP contribution in [0.2, 0.25) is 0 Å². The van der Waals surface area contributed by atoms with Crippen molar-refractivity contribution in [2.24, 2.45) is 5.92 Å². The van der Waals surface area contributed by atoms with Crippen molar-refractivity contribution >= 4 is 16.5 Å². The summed E-state index contributed by atoms with van der Waals surface area (Å²) < 4.78 is 11.7. The van der Waals surface area contributed by atoms with Crippen LogP contribution in [0.4, 0.5) is 5.13 Å². The van der Waals surface area contributed by atoms with Crippen molar-refractivity contribution in [3.05, 3.63) is 29.2 Å². The summed E-state index contributed by atoms with van der Waals surface area (Å²) in [6.45, 7) is 5.63. The van der Waals surface area contributed by atoms with E-state index in [9.17, 15) is 0 Å². The second-order valence-corrected chi connectivity index (χ2v) is 7.97. The third-order valence-electron chi connectivity index (χ3n) is 5.07. The maximum Gasteiger partial charge on any atom is 0.208 e. The van der Waals surface area contributed by atoms with Gasteiger partial charge in [-0.3, -0.25) is 4.90 Å². The fourth-order valence-electron chi connectivity index (χ4n) is 3.90. The van der Waals surface area contributed by atoms with Gasteiger partial charge in [0.1, 0.15) is 10.8 Å². The van der Waals surface area contributed by atoms with Crippen LogP contribution in [0.3, 0.4) is 0 Å². The molecule has 4 rings (SSSR count). The maximum atomic E-state index is 6.19. The number of nitrogens with zero attached hydrogens (tertiary/aromatic N) is 4. The van der Waals surface area contributed by atoms with Crippen molar-refractivity contribution in [3.8, 4) is 0 Å². The Kier molecular flexibility index (Phi) is 4.56. The van der Waals surface area contributed by atoms with E-state index in [-0.39, 0.29) is 0 Å². The number of hydrogen-bond acceptors (Lipinski definition) is 7. The van der Waals surface area contributed by atoms with Gasteiger partial charge in [-0.25, -0.2) is 0 Å². The van der Waals surface area contributed by atoms with Gasteiger partial charge >= 0.3 is 0 Å². The molecular formula is C17H24N4O2S. The summed E-state index contributed by atoms with van der Waals surface area (Å²) in [5.41, 5.74) is 0. The number of furan rings is 1. The van der Waals surface area contributed by atoms with Gasteiger partial charge in [0.15, 0.2) is 0 Å². The lowest BCUT2D eigenvalue weighted by atomic mass is 9.85. The van der Waals surface area contributed by atoms with Crippen molar-refractivity contribution in [2.45, 2.75) is 38.5 Å². The summed E-state index contributed by atoms with van der Waals surface area (Å²) >= 11 is 1.68. The molecule has 2 aliphatic heterocycles. The van der Waals surface area contributed by atoms with Gasteiger partial charge in [0.25, 0.3) is 0 Å². The number of aryl methyl sites for hydroxylation is 1. The number of rotatable bonds is 4. The van der Waals surface area contributed by atoms with Crippen LogP contribution in [0.25, 0.3) is 0 Å². The van der Waals surface area contributed by atoms with Crippen LogP contribution in [-0.2, 0) is 11.3 Å². The molecule has 2 saturated heterocycles. The molecule has 7 heteroatoms. The van der Waals surface area contributed by atoms with Crippen LogP contribution >= 0.6 is 11.3 Å². The fraction of sp³-hybridized carbons (Fsp3) is 0.647. The molecule has 0 spiro atoms. The highest BCUT2D eigenvalue weighted by Crippen LogP contribution is 2.34. The molecule has 0 bridgehead atoms. The van der Waals surface area contributed by atoms with Gasteiger partial charge in [0, 0.05) is 25.6 Å². The molecule has 2 aromatic heterocycles. The molecule has 4 heterocycles. The third kappa shape index (κ3) is 3.20. The molecule has 2 aliphatic rings. The summed E-state index contributed by atoms with van der Waals surface area (Å²) in [6, 6.07) is 4.31. The molecule has 0 amide bonds. The van der Waals surface area contributed by atoms with Gasteiger partial charge in [-0.15, -0.1) is 10.2 Å². The van der Waals surface area contributed by atoms with E-state index in [0.29, 0.717) is 18.1 Å². The molecule has 0 N–H and O–H groups in total. The molecule has 0 radical (unpaired) electrons. The minimum absolute atomic E-state index is 0.295. The third-order valence-corrected chi connectivity index (χ3v) is 5.97. The average molecular weight is 348 g/mol. The summed E-state index contributed by atoms with van der Waals surface area (Å²) in [5, 5.41) is 10.6. The van der Waals surface area contributed by atoms with Gasteiger partial charge in [0.05, 0.1) is 25.0 Å². The quantitative estimate of drug-likeness (QED) is 0.846. The van der Waals surface area contributed by atoms with Gasteiger partial charge in [-0.05, 0) is 38.9 Å². The van der Waals surface area contributed by atoms with E-state index in [2.05, 4.69) is 27.0 Å². The van der Waals surface area contributed by atoms with Crippen LogP contribution in [0.15, 0.2) is 22.8 Å². The standard InChI is InChI=1S/C17H24N4O2S/c1-12-18-19-17(24-12)21-9-13-5-3-8-23-16(13)15(11-21)20(2)10-14-6-4-7-22-14/h4,6-7,13,15-16H,3,5,8-11H2,1-2H3/t13-,15+,16-/m0/s1. The summed E-state index contributed by atoms with van der Waals surface area (Å²) in [7, 11) is 2.16. The second kappa shape index (κ2) is 6.82. The Hall–Kier alpha value is -1.44. The highest BCUT2D eigenvalue weighted by Gasteiger charge is 2.42. The Morgan fingerprint density at radius 3 is 3.04 bits per heavy atom. The lowest BCUT2D eigenvalue weighted by molar-refractivity contribution is -0.0806. The minimum atomic E-state index is 0.295. The normalized spacial score (nSPS) is 27.5. The zero-order valence-electron chi connectivity index (χ0n) is 14.2. The summed E-state index contributed by atoms with van der Waals surface area (Å²) in [6.07, 6.45) is 4.41. The largest absolute Gasteiger partial charge is 0.468 e. The molecule has 0 aliphatic carbocycles. The first-order valence-electron chi connectivity index (χ1n) is 8.60. The van der Waals surface area contributed by atoms with Gasteiger partial charge in [0.2, 0.25) is 5.13 Å². The summed E-state index contributed by atoms with van der Waals surface area (Å²) in [4.78, 5) is 4.76. The Morgan fingerprint density at radius 2 is 2.29 bits per heavy atom. The molecule has 0 saturated carbocycles. The van der Waals surface area contributed by atoms with Crippen LogP contribution in [0.1, 0.15) is 23.6 Å². The van der Waals surface area contributed by atoms with Crippen molar-refractivity contribution in [1.82, 2.24) is 15.1 Å². The van der Waals surface area contributed by atoms with Crippen molar-refractivity contribution in [2.75, 3.05) is 31.6 Å². The van der Waals surface area contributed by atoms with E-state index in [0.717, 1.165) is 48.6 Å². The highest BCUT2D eigenvalue weighted by atomic mass is 32.1. The van der Waals surface area contributed by atoms with Crippen LogP contribution < -0.4 is 4.90 Å². The van der Waals surface area contributed by atoms with Gasteiger partial charge in [-0.2, -0.15) is 0 Å². The van der Waals surface area contributed by atoms with E-state index in [1.807, 2.05) is 19.1 Å². The van der Waals surface area contributed by atoms with Crippen LogP contribution in [0, 0.1) is 12.8 Å². The predicted molar refractivity (Wildman–Crippen MR) is 93.3 cm³/mol. The Labute approximate surface area is 146 Å². The number of fused-ring (bicyclic) bond motifs is 1. The monoisotopic (exact) mass is 348 g/mol. The molecular weight excluding hydrogens is 324 g/mol. The topological polar surface area (TPSA) is 54.6 Å².